The van der Waals surface area contributed by atoms with Crippen LogP contribution in [0.5, 0.6) is 0 Å². The van der Waals surface area contributed by atoms with Crippen LogP contribution in [0.3, 0.4) is 0 Å². The standard InChI is InChI=1S/C20H24N4O/c1-15-21-19-14-24(16(2)25)13-11-18(19)20(22-15)23(3)12-7-10-17-8-5-4-6-9-17/h4-10H,11-14H2,1-3H3/b10-7+. The number of fused-ring (bicyclic) bond motifs is 1. The summed E-state index contributed by atoms with van der Waals surface area (Å²) in [5.74, 6) is 1.82. The van der Waals surface area contributed by atoms with Crippen molar-refractivity contribution in [2.24, 2.45) is 0 Å². The Balaban J connectivity index is 1.78. The molecule has 1 aliphatic rings. The summed E-state index contributed by atoms with van der Waals surface area (Å²) in [7, 11) is 2.05. The van der Waals surface area contributed by atoms with Crippen LogP contribution < -0.4 is 4.90 Å². The molecule has 2 heterocycles. The Hall–Kier alpha value is -2.69. The summed E-state index contributed by atoms with van der Waals surface area (Å²) in [6.07, 6.45) is 5.07. The van der Waals surface area contributed by atoms with Gasteiger partial charge in [0.15, 0.2) is 0 Å². The van der Waals surface area contributed by atoms with Gasteiger partial charge in [-0.15, -0.1) is 0 Å². The van der Waals surface area contributed by atoms with E-state index in [9.17, 15) is 4.79 Å². The van der Waals surface area contributed by atoms with Crippen molar-refractivity contribution >= 4 is 17.8 Å². The van der Waals surface area contributed by atoms with Crippen LogP contribution in [-0.2, 0) is 17.8 Å². The third-order valence-corrected chi connectivity index (χ3v) is 4.45. The molecule has 0 saturated heterocycles. The highest BCUT2D eigenvalue weighted by Gasteiger charge is 2.24. The van der Waals surface area contributed by atoms with Gasteiger partial charge in [-0.2, -0.15) is 0 Å². The lowest BCUT2D eigenvalue weighted by Crippen LogP contribution is -2.36. The van der Waals surface area contributed by atoms with Crippen LogP contribution in [0.4, 0.5) is 5.82 Å². The quantitative estimate of drug-likeness (QED) is 0.861. The number of hydrogen-bond donors (Lipinski definition) is 0. The molecule has 0 unspecified atom stereocenters. The van der Waals surface area contributed by atoms with Crippen molar-refractivity contribution in [2.75, 3.05) is 25.0 Å². The van der Waals surface area contributed by atoms with E-state index in [1.165, 1.54) is 11.1 Å². The van der Waals surface area contributed by atoms with E-state index in [1.807, 2.05) is 30.0 Å². The predicted octanol–water partition coefficient (Wildman–Crippen LogP) is 2.84. The van der Waals surface area contributed by atoms with E-state index in [0.717, 1.165) is 36.8 Å². The number of carbonyl (C=O) groups is 1. The van der Waals surface area contributed by atoms with Crippen molar-refractivity contribution < 1.29 is 4.79 Å². The first kappa shape index (κ1) is 17.1. The molecular weight excluding hydrogens is 312 g/mol. The first-order valence-electron chi connectivity index (χ1n) is 8.59. The molecule has 2 aromatic rings. The summed E-state index contributed by atoms with van der Waals surface area (Å²) >= 11 is 0. The number of nitrogens with zero attached hydrogens (tertiary/aromatic N) is 4. The minimum absolute atomic E-state index is 0.0996. The molecule has 0 radical (unpaired) electrons. The van der Waals surface area contributed by atoms with Crippen molar-refractivity contribution in [3.8, 4) is 0 Å². The smallest absolute Gasteiger partial charge is 0.219 e. The largest absolute Gasteiger partial charge is 0.356 e. The lowest BCUT2D eigenvalue weighted by Gasteiger charge is -2.30. The van der Waals surface area contributed by atoms with Gasteiger partial charge in [-0.1, -0.05) is 42.5 Å². The topological polar surface area (TPSA) is 49.3 Å². The predicted molar refractivity (Wildman–Crippen MR) is 100 cm³/mol. The van der Waals surface area contributed by atoms with Gasteiger partial charge >= 0.3 is 0 Å². The fourth-order valence-corrected chi connectivity index (χ4v) is 3.11. The summed E-state index contributed by atoms with van der Waals surface area (Å²) in [6.45, 7) is 5.60. The first-order chi connectivity index (χ1) is 12.0. The minimum atomic E-state index is 0.0996. The molecule has 130 valence electrons. The van der Waals surface area contributed by atoms with Crippen LogP contribution in [0.1, 0.15) is 29.6 Å². The number of benzene rings is 1. The normalized spacial score (nSPS) is 13.8. The fourth-order valence-electron chi connectivity index (χ4n) is 3.11. The van der Waals surface area contributed by atoms with E-state index < -0.39 is 0 Å². The molecule has 1 aromatic carbocycles. The molecule has 3 rings (SSSR count). The molecule has 0 atom stereocenters. The zero-order valence-corrected chi connectivity index (χ0v) is 15.1. The number of carbonyl (C=O) groups excluding carboxylic acids is 1. The van der Waals surface area contributed by atoms with E-state index in [0.29, 0.717) is 6.54 Å². The Morgan fingerprint density at radius 2 is 2.04 bits per heavy atom. The van der Waals surface area contributed by atoms with Gasteiger partial charge in [-0.05, 0) is 18.9 Å². The molecule has 0 N–H and O–H groups in total. The number of hydrogen-bond acceptors (Lipinski definition) is 4. The molecule has 0 spiro atoms. The van der Waals surface area contributed by atoms with Gasteiger partial charge in [0.2, 0.25) is 5.91 Å². The van der Waals surface area contributed by atoms with Gasteiger partial charge in [0.1, 0.15) is 11.6 Å². The number of rotatable bonds is 4. The van der Waals surface area contributed by atoms with Crippen LogP contribution in [-0.4, -0.2) is 40.9 Å². The summed E-state index contributed by atoms with van der Waals surface area (Å²) < 4.78 is 0. The zero-order chi connectivity index (χ0) is 17.8. The fraction of sp³-hybridized carbons (Fsp3) is 0.350. The molecule has 0 saturated carbocycles. The lowest BCUT2D eigenvalue weighted by atomic mass is 10.0. The zero-order valence-electron chi connectivity index (χ0n) is 15.1. The SMILES string of the molecule is CC(=O)N1CCc2c(nc(C)nc2N(C)C/C=C/c2ccccc2)C1. The van der Waals surface area contributed by atoms with Crippen molar-refractivity contribution in [1.82, 2.24) is 14.9 Å². The average molecular weight is 336 g/mol. The minimum Gasteiger partial charge on any atom is -0.356 e. The van der Waals surface area contributed by atoms with Crippen molar-refractivity contribution in [2.45, 2.75) is 26.8 Å². The van der Waals surface area contributed by atoms with E-state index in [1.54, 1.807) is 6.92 Å². The van der Waals surface area contributed by atoms with Crippen molar-refractivity contribution in [3.05, 3.63) is 59.1 Å². The second kappa shape index (κ2) is 7.47. The Kier molecular flexibility index (Phi) is 5.12. The van der Waals surface area contributed by atoms with Crippen LogP contribution in [0.2, 0.25) is 0 Å². The van der Waals surface area contributed by atoms with E-state index in [4.69, 9.17) is 0 Å². The van der Waals surface area contributed by atoms with Gasteiger partial charge < -0.3 is 9.80 Å². The highest BCUT2D eigenvalue weighted by molar-refractivity contribution is 5.73. The number of aromatic nitrogens is 2. The molecule has 1 aliphatic heterocycles. The van der Waals surface area contributed by atoms with Gasteiger partial charge in [0.25, 0.3) is 0 Å². The van der Waals surface area contributed by atoms with E-state index >= 15 is 0 Å². The number of likely N-dealkylation sites (N-methyl/N-ethyl adjacent to an activating group) is 1. The van der Waals surface area contributed by atoms with Crippen LogP contribution >= 0.6 is 0 Å². The summed E-state index contributed by atoms with van der Waals surface area (Å²) in [5, 5.41) is 0. The van der Waals surface area contributed by atoms with Crippen LogP contribution in [0, 0.1) is 6.92 Å². The molecule has 0 aliphatic carbocycles. The second-order valence-corrected chi connectivity index (χ2v) is 6.40. The van der Waals surface area contributed by atoms with Gasteiger partial charge in [0, 0.05) is 32.6 Å². The van der Waals surface area contributed by atoms with Gasteiger partial charge in [-0.3, -0.25) is 4.79 Å². The van der Waals surface area contributed by atoms with E-state index in [-0.39, 0.29) is 5.91 Å². The molecule has 1 amide bonds. The first-order valence-corrected chi connectivity index (χ1v) is 8.59. The van der Waals surface area contributed by atoms with Gasteiger partial charge in [0.05, 0.1) is 12.2 Å². The van der Waals surface area contributed by atoms with Crippen LogP contribution in [0.15, 0.2) is 36.4 Å². The maximum absolute atomic E-state index is 11.7. The van der Waals surface area contributed by atoms with Crippen molar-refractivity contribution in [1.29, 1.82) is 0 Å². The monoisotopic (exact) mass is 336 g/mol. The molecule has 5 nitrogen and oxygen atoms in total. The molecule has 0 fully saturated rings. The third-order valence-electron chi connectivity index (χ3n) is 4.45. The highest BCUT2D eigenvalue weighted by Crippen LogP contribution is 2.26. The second-order valence-electron chi connectivity index (χ2n) is 6.40. The van der Waals surface area contributed by atoms with E-state index in [2.05, 4.69) is 46.2 Å². The third kappa shape index (κ3) is 4.05. The average Bonchev–Trinajstić information content (AvgIpc) is 2.61. The lowest BCUT2D eigenvalue weighted by molar-refractivity contribution is -0.129. The maximum atomic E-state index is 11.7. The number of anilines is 1. The Morgan fingerprint density at radius 3 is 2.76 bits per heavy atom. The molecule has 0 bridgehead atoms. The molecule has 1 aromatic heterocycles. The molecular formula is C20H24N4O. The maximum Gasteiger partial charge on any atom is 0.219 e. The van der Waals surface area contributed by atoms with Crippen LogP contribution in [0.25, 0.3) is 6.08 Å². The molecule has 25 heavy (non-hydrogen) atoms. The molecule has 5 heteroatoms. The Labute approximate surface area is 149 Å². The Morgan fingerprint density at radius 1 is 1.28 bits per heavy atom. The van der Waals surface area contributed by atoms with Crippen molar-refractivity contribution in [3.63, 3.8) is 0 Å². The summed E-state index contributed by atoms with van der Waals surface area (Å²) in [4.78, 5) is 24.9. The summed E-state index contributed by atoms with van der Waals surface area (Å²) in [6, 6.07) is 10.3. The highest BCUT2D eigenvalue weighted by atomic mass is 16.2. The summed E-state index contributed by atoms with van der Waals surface area (Å²) in [5.41, 5.74) is 3.33. The Bertz CT molecular complexity index is 786. The number of aryl methyl sites for hydroxylation is 1. The van der Waals surface area contributed by atoms with Gasteiger partial charge in [-0.25, -0.2) is 9.97 Å². The number of amides is 1.